The Hall–Kier alpha value is -7.62. The summed E-state index contributed by atoms with van der Waals surface area (Å²) in [6, 6.07) is 75.1. The summed E-state index contributed by atoms with van der Waals surface area (Å²) in [4.78, 5) is 2.38. The first-order chi connectivity index (χ1) is 28.3. The lowest BCUT2D eigenvalue weighted by molar-refractivity contribution is 0.669. The van der Waals surface area contributed by atoms with Gasteiger partial charge >= 0.3 is 0 Å². The number of furan rings is 2. The van der Waals surface area contributed by atoms with E-state index in [1.165, 1.54) is 11.1 Å². The third kappa shape index (κ3) is 5.68. The number of benzene rings is 9. The molecule has 0 bridgehead atoms. The van der Waals surface area contributed by atoms with Crippen molar-refractivity contribution in [2.24, 2.45) is 0 Å². The molecule has 0 aliphatic carbocycles. The van der Waals surface area contributed by atoms with E-state index in [0.717, 1.165) is 94.3 Å². The van der Waals surface area contributed by atoms with Crippen LogP contribution in [-0.2, 0) is 0 Å². The molecule has 11 rings (SSSR count). The molecule has 0 unspecified atom stereocenters. The number of anilines is 3. The average molecular weight is 730 g/mol. The van der Waals surface area contributed by atoms with Crippen molar-refractivity contribution >= 4 is 60.9 Å². The van der Waals surface area contributed by atoms with Crippen LogP contribution in [0.5, 0.6) is 0 Å². The third-order valence-corrected chi connectivity index (χ3v) is 11.1. The summed E-state index contributed by atoms with van der Waals surface area (Å²) in [7, 11) is 0. The Balaban J connectivity index is 1.14. The predicted octanol–water partition coefficient (Wildman–Crippen LogP) is 15.6. The van der Waals surface area contributed by atoms with Gasteiger partial charge < -0.3 is 13.7 Å². The Morgan fingerprint density at radius 2 is 0.842 bits per heavy atom. The van der Waals surface area contributed by atoms with E-state index in [2.05, 4.69) is 199 Å². The maximum Gasteiger partial charge on any atom is 0.145 e. The summed E-state index contributed by atoms with van der Waals surface area (Å²) in [5.41, 5.74) is 15.6. The smallest absolute Gasteiger partial charge is 0.145 e. The summed E-state index contributed by atoms with van der Waals surface area (Å²) < 4.78 is 13.3. The zero-order valence-electron chi connectivity index (χ0n) is 31.0. The molecule has 2 aromatic heterocycles. The average Bonchev–Trinajstić information content (AvgIpc) is 3.86. The molecule has 3 nitrogen and oxygen atoms in total. The summed E-state index contributed by atoms with van der Waals surface area (Å²) in [6.07, 6.45) is 0. The Morgan fingerprint density at radius 3 is 1.53 bits per heavy atom. The normalized spacial score (nSPS) is 11.5. The van der Waals surface area contributed by atoms with Gasteiger partial charge in [-0.25, -0.2) is 0 Å². The van der Waals surface area contributed by atoms with E-state index in [1.807, 2.05) is 18.2 Å². The van der Waals surface area contributed by atoms with Crippen LogP contribution >= 0.6 is 0 Å². The van der Waals surface area contributed by atoms with E-state index in [4.69, 9.17) is 8.83 Å². The van der Waals surface area contributed by atoms with Crippen molar-refractivity contribution in [1.29, 1.82) is 0 Å². The molecule has 0 spiro atoms. The molecule has 57 heavy (non-hydrogen) atoms. The zero-order valence-corrected chi connectivity index (χ0v) is 31.0. The molecule has 0 aliphatic rings. The van der Waals surface area contributed by atoms with E-state index in [9.17, 15) is 0 Å². The Bertz CT molecular complexity index is 3160. The molecule has 0 N–H and O–H groups in total. The van der Waals surface area contributed by atoms with E-state index >= 15 is 0 Å². The van der Waals surface area contributed by atoms with Gasteiger partial charge in [-0.15, -0.1) is 0 Å². The minimum absolute atomic E-state index is 0.842. The highest BCUT2D eigenvalue weighted by Gasteiger charge is 2.24. The summed E-state index contributed by atoms with van der Waals surface area (Å²) in [5.74, 6) is 0. The highest BCUT2D eigenvalue weighted by atomic mass is 16.3. The monoisotopic (exact) mass is 729 g/mol. The fourth-order valence-electron chi connectivity index (χ4n) is 8.41. The van der Waals surface area contributed by atoms with Crippen molar-refractivity contribution in [3.8, 4) is 44.5 Å². The fraction of sp³-hybridized carbons (Fsp3) is 0. The Labute approximate surface area is 330 Å². The van der Waals surface area contributed by atoms with E-state index in [0.29, 0.717) is 0 Å². The summed E-state index contributed by atoms with van der Waals surface area (Å²) in [6.45, 7) is 0. The Kier molecular flexibility index (Phi) is 7.82. The second kappa shape index (κ2) is 13.6. The quantitative estimate of drug-likeness (QED) is 0.164. The van der Waals surface area contributed by atoms with Gasteiger partial charge in [-0.2, -0.15) is 0 Å². The maximum atomic E-state index is 6.94. The number of para-hydroxylation sites is 2. The van der Waals surface area contributed by atoms with E-state index in [1.54, 1.807) is 0 Å². The molecule has 0 saturated carbocycles. The van der Waals surface area contributed by atoms with Crippen LogP contribution < -0.4 is 4.90 Å². The zero-order chi connectivity index (χ0) is 37.7. The van der Waals surface area contributed by atoms with Crippen LogP contribution in [0.4, 0.5) is 17.1 Å². The van der Waals surface area contributed by atoms with Crippen molar-refractivity contribution in [2.75, 3.05) is 4.90 Å². The molecule has 0 saturated heterocycles. The number of rotatable bonds is 7. The van der Waals surface area contributed by atoms with E-state index < -0.39 is 0 Å². The van der Waals surface area contributed by atoms with Crippen molar-refractivity contribution in [3.05, 3.63) is 212 Å². The molecule has 0 atom stereocenters. The second-order valence-corrected chi connectivity index (χ2v) is 14.5. The maximum absolute atomic E-state index is 6.94. The Morgan fingerprint density at radius 1 is 0.298 bits per heavy atom. The fourth-order valence-corrected chi connectivity index (χ4v) is 8.41. The highest BCUT2D eigenvalue weighted by molar-refractivity contribution is 6.18. The molecule has 9 aromatic carbocycles. The molecular weight excluding hydrogens is 695 g/mol. The highest BCUT2D eigenvalue weighted by Crippen LogP contribution is 2.48. The standard InChI is InChI=1S/C54H35NO2/c1-3-15-36(16-4-1)38-19-13-21-41(33-38)55(42-22-14-20-39(34-42)37-17-5-2-6-18-37)49-32-31-47(54-53(49)48-26-10-12-28-51(48)57-54)44-24-8-7-23-43(44)40-29-30-46-45-25-9-11-27-50(45)56-52(46)35-40/h1-35H. The van der Waals surface area contributed by atoms with Crippen LogP contribution in [0.1, 0.15) is 0 Å². The van der Waals surface area contributed by atoms with Crippen LogP contribution in [0.15, 0.2) is 221 Å². The SMILES string of the molecule is c1ccc(-c2cccc(N(c3cccc(-c4ccccc4)c3)c3ccc(-c4ccccc4-c4ccc5c(c4)oc4ccccc45)c4oc5ccccc5c34)c2)cc1. The topological polar surface area (TPSA) is 29.5 Å². The molecular formula is C54H35NO2. The summed E-state index contributed by atoms with van der Waals surface area (Å²) >= 11 is 0. The molecule has 11 aromatic rings. The van der Waals surface area contributed by atoms with E-state index in [-0.39, 0.29) is 0 Å². The van der Waals surface area contributed by atoms with Gasteiger partial charge in [0.05, 0.1) is 11.1 Å². The van der Waals surface area contributed by atoms with Crippen LogP contribution in [0.2, 0.25) is 0 Å². The lowest BCUT2D eigenvalue weighted by atomic mass is 9.92. The van der Waals surface area contributed by atoms with Crippen molar-refractivity contribution in [1.82, 2.24) is 0 Å². The molecule has 2 heterocycles. The van der Waals surface area contributed by atoms with Gasteiger partial charge in [0.2, 0.25) is 0 Å². The van der Waals surface area contributed by atoms with Crippen LogP contribution in [-0.4, -0.2) is 0 Å². The van der Waals surface area contributed by atoms with Crippen molar-refractivity contribution < 1.29 is 8.83 Å². The lowest BCUT2D eigenvalue weighted by Gasteiger charge is -2.28. The van der Waals surface area contributed by atoms with Crippen molar-refractivity contribution in [2.45, 2.75) is 0 Å². The van der Waals surface area contributed by atoms with Crippen LogP contribution in [0, 0.1) is 0 Å². The first kappa shape index (κ1) is 32.8. The van der Waals surface area contributed by atoms with Gasteiger partial charge in [0, 0.05) is 33.1 Å². The first-order valence-electron chi connectivity index (χ1n) is 19.3. The molecule has 0 fully saturated rings. The molecule has 0 radical (unpaired) electrons. The van der Waals surface area contributed by atoms with Gasteiger partial charge in [-0.3, -0.25) is 0 Å². The lowest BCUT2D eigenvalue weighted by Crippen LogP contribution is -2.11. The van der Waals surface area contributed by atoms with Gasteiger partial charge in [0.25, 0.3) is 0 Å². The second-order valence-electron chi connectivity index (χ2n) is 14.5. The van der Waals surface area contributed by atoms with Crippen LogP contribution in [0.25, 0.3) is 88.4 Å². The predicted molar refractivity (Wildman–Crippen MR) is 237 cm³/mol. The minimum atomic E-state index is 0.842. The van der Waals surface area contributed by atoms with Gasteiger partial charge in [0.15, 0.2) is 0 Å². The number of hydrogen-bond donors (Lipinski definition) is 0. The van der Waals surface area contributed by atoms with Gasteiger partial charge in [0.1, 0.15) is 22.3 Å². The third-order valence-electron chi connectivity index (χ3n) is 11.1. The first-order valence-corrected chi connectivity index (χ1v) is 19.3. The largest absolute Gasteiger partial charge is 0.456 e. The summed E-state index contributed by atoms with van der Waals surface area (Å²) in [5, 5.41) is 4.36. The number of fused-ring (bicyclic) bond motifs is 6. The number of hydrogen-bond acceptors (Lipinski definition) is 3. The minimum Gasteiger partial charge on any atom is -0.456 e. The molecule has 3 heteroatoms. The molecule has 0 amide bonds. The molecule has 268 valence electrons. The van der Waals surface area contributed by atoms with Crippen LogP contribution in [0.3, 0.4) is 0 Å². The number of nitrogens with zero attached hydrogens (tertiary/aromatic N) is 1. The van der Waals surface area contributed by atoms with Gasteiger partial charge in [-0.05, 0) is 99.6 Å². The molecule has 0 aliphatic heterocycles. The van der Waals surface area contributed by atoms with Gasteiger partial charge in [-0.1, -0.05) is 152 Å². The van der Waals surface area contributed by atoms with Crippen molar-refractivity contribution in [3.63, 3.8) is 0 Å².